The Morgan fingerprint density at radius 1 is 1.25 bits per heavy atom. The Morgan fingerprint density at radius 3 is 2.75 bits per heavy atom. The molecule has 1 N–H and O–H groups in total. The molecule has 1 aromatic rings. The maximum Gasteiger partial charge on any atom is 0.161 e. The Morgan fingerprint density at radius 2 is 2.00 bits per heavy atom. The molecule has 0 aliphatic carbocycles. The molecule has 0 aromatic heterocycles. The molecule has 0 saturated carbocycles. The summed E-state index contributed by atoms with van der Waals surface area (Å²) >= 11 is 4.50. The minimum atomic E-state index is -0.505. The Kier molecular flexibility index (Phi) is 4.01. The first kappa shape index (κ1) is 14.3. The van der Waals surface area contributed by atoms with Crippen molar-refractivity contribution in [3.05, 3.63) is 28.2 Å². The van der Waals surface area contributed by atoms with Gasteiger partial charge in [0.1, 0.15) is 11.6 Å². The lowest BCUT2D eigenvalue weighted by atomic mass is 9.93. The van der Waals surface area contributed by atoms with Crippen molar-refractivity contribution in [2.45, 2.75) is 18.4 Å². The summed E-state index contributed by atoms with van der Waals surface area (Å²) in [4.78, 5) is 4.66. The van der Waals surface area contributed by atoms with Gasteiger partial charge in [-0.25, -0.2) is 8.78 Å². The first-order valence-corrected chi connectivity index (χ1v) is 8.08. The number of nitrogens with one attached hydrogen (secondary N) is 1. The third-order valence-corrected chi connectivity index (χ3v) is 5.25. The van der Waals surface area contributed by atoms with Gasteiger partial charge in [0.05, 0.1) is 15.7 Å². The van der Waals surface area contributed by atoms with Crippen molar-refractivity contribution in [3.8, 4) is 0 Å². The van der Waals surface area contributed by atoms with Crippen LogP contribution in [0.1, 0.15) is 12.8 Å². The van der Waals surface area contributed by atoms with Gasteiger partial charge in [-0.3, -0.25) is 4.99 Å². The molecule has 2 heterocycles. The number of anilines is 1. The van der Waals surface area contributed by atoms with Crippen molar-refractivity contribution >= 4 is 38.5 Å². The topological polar surface area (TPSA) is 33.6 Å². The van der Waals surface area contributed by atoms with Crippen LogP contribution in [0.4, 0.5) is 14.5 Å². The van der Waals surface area contributed by atoms with Gasteiger partial charge in [-0.1, -0.05) is 11.8 Å². The van der Waals surface area contributed by atoms with E-state index in [1.165, 1.54) is 0 Å². The molecule has 0 bridgehead atoms. The highest BCUT2D eigenvalue weighted by atomic mass is 79.9. The van der Waals surface area contributed by atoms with E-state index in [1.54, 1.807) is 11.8 Å². The highest BCUT2D eigenvalue weighted by molar-refractivity contribution is 9.10. The second kappa shape index (κ2) is 5.61. The van der Waals surface area contributed by atoms with Crippen LogP contribution < -0.4 is 5.32 Å². The normalized spacial score (nSPS) is 21.1. The highest BCUT2D eigenvalue weighted by Crippen LogP contribution is 2.36. The predicted octanol–water partition coefficient (Wildman–Crippen LogP) is 3.79. The quantitative estimate of drug-likeness (QED) is 0.771. The molecule has 2 aliphatic heterocycles. The number of rotatable bonds is 1. The summed E-state index contributed by atoms with van der Waals surface area (Å²) < 4.78 is 32.7. The van der Waals surface area contributed by atoms with E-state index >= 15 is 0 Å². The van der Waals surface area contributed by atoms with Gasteiger partial charge in [-0.05, 0) is 34.8 Å². The monoisotopic (exact) mass is 362 g/mol. The summed E-state index contributed by atoms with van der Waals surface area (Å²) in [6.45, 7) is 1.41. The number of benzene rings is 1. The summed E-state index contributed by atoms with van der Waals surface area (Å²) in [5.74, 6) is -0.146. The molecule has 0 amide bonds. The Labute approximate surface area is 128 Å². The predicted molar refractivity (Wildman–Crippen MR) is 80.4 cm³/mol. The number of nitrogens with zero attached hydrogens (tertiary/aromatic N) is 1. The third-order valence-electron chi connectivity index (χ3n) is 3.49. The van der Waals surface area contributed by atoms with Crippen LogP contribution >= 0.6 is 27.7 Å². The van der Waals surface area contributed by atoms with E-state index in [0.717, 1.165) is 30.7 Å². The molecule has 0 radical (unpaired) electrons. The highest BCUT2D eigenvalue weighted by Gasteiger charge is 2.37. The van der Waals surface area contributed by atoms with Crippen molar-refractivity contribution in [3.63, 3.8) is 0 Å². The first-order chi connectivity index (χ1) is 9.58. The van der Waals surface area contributed by atoms with E-state index in [-0.39, 0.29) is 15.7 Å². The fourth-order valence-corrected chi connectivity index (χ4v) is 3.80. The van der Waals surface area contributed by atoms with Crippen LogP contribution in [-0.4, -0.2) is 29.7 Å². The molecule has 3 nitrogen and oxygen atoms in total. The zero-order chi connectivity index (χ0) is 14.2. The summed E-state index contributed by atoms with van der Waals surface area (Å²) in [6.07, 6.45) is 1.75. The lowest BCUT2D eigenvalue weighted by molar-refractivity contribution is 0.0624. The lowest BCUT2D eigenvalue weighted by Crippen LogP contribution is -2.34. The smallest absolute Gasteiger partial charge is 0.161 e. The molecule has 1 spiro atoms. The number of amidine groups is 1. The summed E-state index contributed by atoms with van der Waals surface area (Å²) in [5, 5.41) is 3.53. The van der Waals surface area contributed by atoms with Crippen LogP contribution in [0.2, 0.25) is 0 Å². The van der Waals surface area contributed by atoms with E-state index in [1.807, 2.05) is 0 Å². The van der Waals surface area contributed by atoms with Gasteiger partial charge in [0, 0.05) is 25.0 Å². The van der Waals surface area contributed by atoms with Gasteiger partial charge in [0.15, 0.2) is 5.17 Å². The minimum absolute atomic E-state index is 0.102. The molecule has 1 aromatic carbocycles. The van der Waals surface area contributed by atoms with Crippen LogP contribution in [0.15, 0.2) is 21.6 Å². The van der Waals surface area contributed by atoms with Crippen molar-refractivity contribution in [1.82, 2.24) is 0 Å². The minimum Gasteiger partial charge on any atom is -0.381 e. The number of aliphatic imine (C=N–C) groups is 1. The van der Waals surface area contributed by atoms with E-state index in [0.29, 0.717) is 18.4 Å². The fourth-order valence-electron chi connectivity index (χ4n) is 2.29. The molecule has 7 heteroatoms. The van der Waals surface area contributed by atoms with Crippen LogP contribution in [0, 0.1) is 11.6 Å². The van der Waals surface area contributed by atoms with E-state index in [9.17, 15) is 8.78 Å². The fraction of sp³-hybridized carbons (Fsp3) is 0.462. The molecule has 0 unspecified atom stereocenters. The zero-order valence-corrected chi connectivity index (χ0v) is 13.0. The van der Waals surface area contributed by atoms with Gasteiger partial charge < -0.3 is 10.1 Å². The Hall–Kier alpha value is -0.660. The maximum absolute atomic E-state index is 13.8. The van der Waals surface area contributed by atoms with Crippen LogP contribution in [0.25, 0.3) is 0 Å². The van der Waals surface area contributed by atoms with E-state index < -0.39 is 11.6 Å². The average Bonchev–Trinajstić information content (AvgIpc) is 2.79. The summed E-state index contributed by atoms with van der Waals surface area (Å²) in [7, 11) is 0. The van der Waals surface area contributed by atoms with Crippen molar-refractivity contribution in [2.24, 2.45) is 4.99 Å². The van der Waals surface area contributed by atoms with Gasteiger partial charge >= 0.3 is 0 Å². The molecule has 0 atom stereocenters. The molecule has 20 heavy (non-hydrogen) atoms. The van der Waals surface area contributed by atoms with Crippen LogP contribution in [-0.2, 0) is 4.74 Å². The average molecular weight is 363 g/mol. The number of hydrogen-bond donors (Lipinski definition) is 1. The van der Waals surface area contributed by atoms with Crippen molar-refractivity contribution in [1.29, 1.82) is 0 Å². The largest absolute Gasteiger partial charge is 0.381 e. The van der Waals surface area contributed by atoms with Gasteiger partial charge in [0.2, 0.25) is 0 Å². The van der Waals surface area contributed by atoms with Gasteiger partial charge in [0.25, 0.3) is 0 Å². The first-order valence-electron chi connectivity index (χ1n) is 6.30. The molecule has 108 valence electrons. The van der Waals surface area contributed by atoms with E-state index in [2.05, 4.69) is 26.2 Å². The van der Waals surface area contributed by atoms with Crippen LogP contribution in [0.3, 0.4) is 0 Å². The number of thioether (sulfide) groups is 1. The standard InChI is InChI=1S/C13H13BrF2N2OS/c14-8-5-10(16)11(6-9(8)15)17-12-18-13(7-20-12)1-3-19-4-2-13/h5-6H,1-4,7H2,(H,17,18). The molecular formula is C13H13BrF2N2OS. The summed E-state index contributed by atoms with van der Waals surface area (Å²) in [6, 6.07) is 2.25. The molecule has 1 saturated heterocycles. The van der Waals surface area contributed by atoms with E-state index in [4.69, 9.17) is 4.74 Å². The Bertz CT molecular complexity index is 562. The molecule has 1 fully saturated rings. The second-order valence-corrected chi connectivity index (χ2v) is 6.73. The maximum atomic E-state index is 13.8. The van der Waals surface area contributed by atoms with Gasteiger partial charge in [-0.15, -0.1) is 0 Å². The lowest BCUT2D eigenvalue weighted by Gasteiger charge is -2.29. The Balaban J connectivity index is 1.78. The van der Waals surface area contributed by atoms with Crippen molar-refractivity contribution < 1.29 is 13.5 Å². The van der Waals surface area contributed by atoms with Crippen LogP contribution in [0.5, 0.6) is 0 Å². The SMILES string of the molecule is Fc1cc(NC2=NC3(CCOCC3)CS2)c(F)cc1Br. The number of ether oxygens (including phenoxy) is 1. The molecule has 3 rings (SSSR count). The summed E-state index contributed by atoms with van der Waals surface area (Å²) in [5.41, 5.74) is 0.0105. The third kappa shape index (κ3) is 2.84. The number of halogens is 3. The zero-order valence-electron chi connectivity index (χ0n) is 10.6. The second-order valence-electron chi connectivity index (χ2n) is 4.91. The van der Waals surface area contributed by atoms with Gasteiger partial charge in [-0.2, -0.15) is 0 Å². The number of hydrogen-bond acceptors (Lipinski definition) is 4. The van der Waals surface area contributed by atoms with Crippen molar-refractivity contribution in [2.75, 3.05) is 24.3 Å². The molecular weight excluding hydrogens is 350 g/mol. The molecule has 2 aliphatic rings.